The molecule has 3 N–H and O–H groups in total. The number of hydrogen-bond donors (Lipinski definition) is 2. The minimum absolute atomic E-state index is 0.114. The van der Waals surface area contributed by atoms with Gasteiger partial charge < -0.3 is 10.6 Å². The van der Waals surface area contributed by atoms with Crippen LogP contribution in [0.5, 0.6) is 0 Å². The van der Waals surface area contributed by atoms with Crippen molar-refractivity contribution >= 4 is 23.4 Å². The van der Waals surface area contributed by atoms with Crippen molar-refractivity contribution in [1.82, 2.24) is 10.2 Å². The molecule has 0 saturated carbocycles. The van der Waals surface area contributed by atoms with Crippen LogP contribution in [-0.4, -0.2) is 35.2 Å². The van der Waals surface area contributed by atoms with Gasteiger partial charge in [-0.25, -0.2) is 0 Å². The molecule has 1 aromatic carbocycles. The van der Waals surface area contributed by atoms with Crippen LogP contribution in [0.1, 0.15) is 29.3 Å². The van der Waals surface area contributed by atoms with Gasteiger partial charge in [-0.1, -0.05) is 13.0 Å². The van der Waals surface area contributed by atoms with Crippen LogP contribution in [0.25, 0.3) is 0 Å². The molecule has 0 radical (unpaired) electrons. The molecule has 1 fully saturated rings. The number of piperazine rings is 1. The van der Waals surface area contributed by atoms with Gasteiger partial charge in [0, 0.05) is 11.3 Å². The molecule has 1 atom stereocenters. The van der Waals surface area contributed by atoms with Crippen LogP contribution >= 0.6 is 0 Å². The maximum atomic E-state index is 12.5. The summed E-state index contributed by atoms with van der Waals surface area (Å²) in [5.41, 5.74) is 7.56. The fraction of sp³-hybridized carbons (Fsp3) is 0.357. The summed E-state index contributed by atoms with van der Waals surface area (Å²) in [7, 11) is 0. The number of amides is 3. The zero-order valence-electron chi connectivity index (χ0n) is 11.5. The van der Waals surface area contributed by atoms with Crippen molar-refractivity contribution < 1.29 is 14.4 Å². The number of carbonyl (C=O) groups excluding carboxylic acids is 3. The predicted molar refractivity (Wildman–Crippen MR) is 73.9 cm³/mol. The van der Waals surface area contributed by atoms with E-state index in [1.54, 1.807) is 25.1 Å². The molecule has 106 valence electrons. The minimum atomic E-state index is -0.622. The third-order valence-corrected chi connectivity index (χ3v) is 3.43. The van der Waals surface area contributed by atoms with Gasteiger partial charge in [-0.3, -0.25) is 19.7 Å². The third-order valence-electron chi connectivity index (χ3n) is 3.43. The quantitative estimate of drug-likeness (QED) is 0.605. The number of imide groups is 1. The van der Waals surface area contributed by atoms with Gasteiger partial charge >= 0.3 is 0 Å². The molecule has 0 spiro atoms. The summed E-state index contributed by atoms with van der Waals surface area (Å²) in [5, 5.41) is 2.24. The number of rotatable bonds is 2. The molecule has 1 saturated heterocycles. The van der Waals surface area contributed by atoms with E-state index in [2.05, 4.69) is 5.32 Å². The summed E-state index contributed by atoms with van der Waals surface area (Å²) in [6.45, 7) is 3.52. The number of hydrogen-bond acceptors (Lipinski definition) is 4. The van der Waals surface area contributed by atoms with Gasteiger partial charge in [0.1, 0.15) is 12.6 Å². The molecule has 6 nitrogen and oxygen atoms in total. The standard InChI is InChI=1S/C14H17N3O3/c1-3-11-13(19)16-12(18)7-17(11)14(20)9-5-4-8(2)10(15)6-9/h4-6,11H,3,7,15H2,1-2H3,(H,16,18,19). The summed E-state index contributed by atoms with van der Waals surface area (Å²) in [4.78, 5) is 37.0. The van der Waals surface area contributed by atoms with Crippen molar-refractivity contribution in [3.05, 3.63) is 29.3 Å². The average Bonchev–Trinajstić information content (AvgIpc) is 2.40. The Hall–Kier alpha value is -2.37. The Morgan fingerprint density at radius 2 is 2.15 bits per heavy atom. The predicted octanol–water partition coefficient (Wildman–Crippen LogP) is 0.454. The second-order valence-electron chi connectivity index (χ2n) is 4.84. The molecule has 20 heavy (non-hydrogen) atoms. The normalized spacial score (nSPS) is 18.9. The zero-order valence-corrected chi connectivity index (χ0v) is 11.5. The highest BCUT2D eigenvalue weighted by molar-refractivity contribution is 6.07. The molecule has 2 rings (SSSR count). The average molecular weight is 275 g/mol. The summed E-state index contributed by atoms with van der Waals surface area (Å²) < 4.78 is 0. The first-order valence-electron chi connectivity index (χ1n) is 6.44. The van der Waals surface area contributed by atoms with E-state index in [1.807, 2.05) is 6.92 Å². The van der Waals surface area contributed by atoms with E-state index >= 15 is 0 Å². The van der Waals surface area contributed by atoms with Crippen LogP contribution < -0.4 is 11.1 Å². The van der Waals surface area contributed by atoms with E-state index in [1.165, 1.54) is 4.90 Å². The van der Waals surface area contributed by atoms with Gasteiger partial charge in [0.2, 0.25) is 11.8 Å². The lowest BCUT2D eigenvalue weighted by molar-refractivity contribution is -0.138. The van der Waals surface area contributed by atoms with E-state index in [0.717, 1.165) is 5.56 Å². The van der Waals surface area contributed by atoms with Gasteiger partial charge in [0.25, 0.3) is 5.91 Å². The second-order valence-corrected chi connectivity index (χ2v) is 4.84. The number of nitrogen functional groups attached to an aromatic ring is 1. The Kier molecular flexibility index (Phi) is 3.74. The van der Waals surface area contributed by atoms with Crippen molar-refractivity contribution in [2.45, 2.75) is 26.3 Å². The molecule has 1 unspecified atom stereocenters. The van der Waals surface area contributed by atoms with Crippen molar-refractivity contribution in [2.75, 3.05) is 12.3 Å². The lowest BCUT2D eigenvalue weighted by Crippen LogP contribution is -2.59. The van der Waals surface area contributed by atoms with E-state index in [-0.39, 0.29) is 12.5 Å². The molecular weight excluding hydrogens is 258 g/mol. The third kappa shape index (κ3) is 2.49. The lowest BCUT2D eigenvalue weighted by atomic mass is 10.1. The molecule has 6 heteroatoms. The number of benzene rings is 1. The molecule has 1 aromatic rings. The molecule has 0 aliphatic carbocycles. The summed E-state index contributed by atoms with van der Waals surface area (Å²) in [6.07, 6.45) is 0.451. The lowest BCUT2D eigenvalue weighted by Gasteiger charge is -2.33. The molecule has 3 amide bonds. The van der Waals surface area contributed by atoms with Crippen LogP contribution in [0.3, 0.4) is 0 Å². The number of nitrogens with zero attached hydrogens (tertiary/aromatic N) is 1. The first kappa shape index (κ1) is 14.0. The Morgan fingerprint density at radius 3 is 2.75 bits per heavy atom. The first-order valence-corrected chi connectivity index (χ1v) is 6.44. The van der Waals surface area contributed by atoms with E-state index in [0.29, 0.717) is 17.7 Å². The minimum Gasteiger partial charge on any atom is -0.398 e. The summed E-state index contributed by atoms with van der Waals surface area (Å²) in [6, 6.07) is 4.34. The maximum Gasteiger partial charge on any atom is 0.255 e. The molecule has 1 heterocycles. The Bertz CT molecular complexity index is 583. The maximum absolute atomic E-state index is 12.5. The van der Waals surface area contributed by atoms with Crippen molar-refractivity contribution in [3.8, 4) is 0 Å². The highest BCUT2D eigenvalue weighted by Crippen LogP contribution is 2.18. The number of aryl methyl sites for hydroxylation is 1. The second kappa shape index (κ2) is 5.32. The SMILES string of the molecule is CCC1C(=O)NC(=O)CN1C(=O)c1ccc(C)c(N)c1. The first-order chi connectivity index (χ1) is 9.43. The van der Waals surface area contributed by atoms with Gasteiger partial charge in [-0.15, -0.1) is 0 Å². The van der Waals surface area contributed by atoms with Crippen molar-refractivity contribution in [1.29, 1.82) is 0 Å². The fourth-order valence-electron chi connectivity index (χ4n) is 2.23. The molecular formula is C14H17N3O3. The van der Waals surface area contributed by atoms with Gasteiger partial charge in [-0.05, 0) is 31.0 Å². The summed E-state index contributed by atoms with van der Waals surface area (Å²) in [5.74, 6) is -1.25. The highest BCUT2D eigenvalue weighted by atomic mass is 16.2. The van der Waals surface area contributed by atoms with Crippen LogP contribution in [0.15, 0.2) is 18.2 Å². The zero-order chi connectivity index (χ0) is 14.9. The number of carbonyl (C=O) groups is 3. The highest BCUT2D eigenvalue weighted by Gasteiger charge is 2.35. The van der Waals surface area contributed by atoms with Crippen LogP contribution in [0.2, 0.25) is 0 Å². The van der Waals surface area contributed by atoms with Gasteiger partial charge in [0.05, 0.1) is 0 Å². The monoisotopic (exact) mass is 275 g/mol. The largest absolute Gasteiger partial charge is 0.398 e. The van der Waals surface area contributed by atoms with Crippen LogP contribution in [0, 0.1) is 6.92 Å². The van der Waals surface area contributed by atoms with Crippen LogP contribution in [-0.2, 0) is 9.59 Å². The van der Waals surface area contributed by atoms with E-state index in [4.69, 9.17) is 5.73 Å². The van der Waals surface area contributed by atoms with E-state index < -0.39 is 17.9 Å². The Morgan fingerprint density at radius 1 is 1.45 bits per heavy atom. The summed E-state index contributed by atoms with van der Waals surface area (Å²) >= 11 is 0. The molecule has 0 bridgehead atoms. The number of anilines is 1. The Labute approximate surface area is 116 Å². The Balaban J connectivity index is 2.32. The van der Waals surface area contributed by atoms with Crippen molar-refractivity contribution in [3.63, 3.8) is 0 Å². The smallest absolute Gasteiger partial charge is 0.255 e. The van der Waals surface area contributed by atoms with Gasteiger partial charge in [-0.2, -0.15) is 0 Å². The van der Waals surface area contributed by atoms with E-state index in [9.17, 15) is 14.4 Å². The van der Waals surface area contributed by atoms with Crippen LogP contribution in [0.4, 0.5) is 5.69 Å². The fourth-order valence-corrected chi connectivity index (χ4v) is 2.23. The van der Waals surface area contributed by atoms with Crippen molar-refractivity contribution in [2.24, 2.45) is 0 Å². The number of nitrogens with two attached hydrogens (primary N) is 1. The molecule has 1 aliphatic rings. The molecule has 1 aliphatic heterocycles. The molecule has 0 aromatic heterocycles. The number of nitrogens with one attached hydrogen (secondary N) is 1. The topological polar surface area (TPSA) is 92.5 Å². The van der Waals surface area contributed by atoms with Gasteiger partial charge in [0.15, 0.2) is 0 Å².